The summed E-state index contributed by atoms with van der Waals surface area (Å²) in [5.74, 6) is 1.41. The van der Waals surface area contributed by atoms with Gasteiger partial charge in [0.25, 0.3) is 0 Å². The van der Waals surface area contributed by atoms with Gasteiger partial charge >= 0.3 is 0 Å². The Morgan fingerprint density at radius 3 is 2.38 bits per heavy atom. The molecule has 2 heteroatoms. The minimum Gasteiger partial charge on any atom is -0.391 e. The zero-order valence-corrected chi connectivity index (χ0v) is 8.13. The van der Waals surface area contributed by atoms with Gasteiger partial charge in [-0.05, 0) is 37.0 Å². The van der Waals surface area contributed by atoms with Crippen molar-refractivity contribution in [3.63, 3.8) is 0 Å². The van der Waals surface area contributed by atoms with Crippen LogP contribution in [0, 0.1) is 17.3 Å². The van der Waals surface area contributed by atoms with E-state index in [4.69, 9.17) is 0 Å². The summed E-state index contributed by atoms with van der Waals surface area (Å²) in [6.45, 7) is 1.89. The summed E-state index contributed by atoms with van der Waals surface area (Å²) in [7, 11) is 0. The van der Waals surface area contributed by atoms with Crippen LogP contribution >= 0.6 is 0 Å². The molecule has 74 valence electrons. The van der Waals surface area contributed by atoms with Gasteiger partial charge in [-0.25, -0.2) is 0 Å². The smallest absolute Gasteiger partial charge is 0.0707 e. The first-order valence-electron chi connectivity index (χ1n) is 5.68. The fourth-order valence-corrected chi connectivity index (χ4v) is 3.61. The molecule has 1 aliphatic heterocycles. The van der Waals surface area contributed by atoms with E-state index in [2.05, 4.69) is 5.32 Å². The Balaban J connectivity index is 1.57. The van der Waals surface area contributed by atoms with Crippen molar-refractivity contribution in [2.75, 3.05) is 13.1 Å². The molecule has 3 rings (SSSR count). The van der Waals surface area contributed by atoms with Gasteiger partial charge in [0, 0.05) is 19.0 Å². The molecular weight excluding hydrogens is 162 g/mol. The summed E-state index contributed by atoms with van der Waals surface area (Å²) in [6.07, 6.45) is 7.17. The highest BCUT2D eigenvalue weighted by Crippen LogP contribution is 2.60. The van der Waals surface area contributed by atoms with Crippen LogP contribution < -0.4 is 5.32 Å². The largest absolute Gasteiger partial charge is 0.391 e. The maximum Gasteiger partial charge on any atom is 0.0707 e. The van der Waals surface area contributed by atoms with E-state index in [0.29, 0.717) is 5.92 Å². The quantitative estimate of drug-likeness (QED) is 0.636. The van der Waals surface area contributed by atoms with Crippen LogP contribution in [0.5, 0.6) is 0 Å². The first-order valence-corrected chi connectivity index (χ1v) is 5.68. The van der Waals surface area contributed by atoms with Gasteiger partial charge in [-0.15, -0.1) is 0 Å². The summed E-state index contributed by atoms with van der Waals surface area (Å²) < 4.78 is 0. The van der Waals surface area contributed by atoms with Gasteiger partial charge in [-0.2, -0.15) is 0 Å². The first kappa shape index (κ1) is 8.25. The molecule has 1 heterocycles. The van der Waals surface area contributed by atoms with Crippen LogP contribution in [0.3, 0.4) is 0 Å². The van der Waals surface area contributed by atoms with Crippen molar-refractivity contribution in [3.05, 3.63) is 0 Å². The summed E-state index contributed by atoms with van der Waals surface area (Å²) in [5, 5.41) is 13.0. The lowest BCUT2D eigenvalue weighted by molar-refractivity contribution is -0.0655. The Morgan fingerprint density at radius 1 is 1.15 bits per heavy atom. The number of hydrogen-bond donors (Lipinski definition) is 2. The minimum absolute atomic E-state index is 0.0533. The lowest BCUT2D eigenvalue weighted by atomic mass is 9.49. The first-order chi connectivity index (χ1) is 6.29. The topological polar surface area (TPSA) is 32.3 Å². The van der Waals surface area contributed by atoms with E-state index >= 15 is 0 Å². The van der Waals surface area contributed by atoms with Crippen molar-refractivity contribution in [2.45, 2.75) is 38.2 Å². The molecule has 0 aromatic rings. The number of rotatable bonds is 1. The summed E-state index contributed by atoms with van der Waals surface area (Å²) >= 11 is 0. The molecule has 2 atom stereocenters. The van der Waals surface area contributed by atoms with E-state index in [1.165, 1.54) is 32.1 Å². The van der Waals surface area contributed by atoms with Gasteiger partial charge in [0.05, 0.1) is 6.10 Å². The summed E-state index contributed by atoms with van der Waals surface area (Å²) in [6, 6.07) is 0. The van der Waals surface area contributed by atoms with E-state index in [-0.39, 0.29) is 6.10 Å². The molecular formula is C11H19NO. The Bertz CT molecular complexity index is 204. The molecule has 0 bridgehead atoms. The molecule has 1 saturated heterocycles. The minimum atomic E-state index is -0.0533. The van der Waals surface area contributed by atoms with E-state index in [0.717, 1.165) is 24.4 Å². The molecule has 2 saturated carbocycles. The summed E-state index contributed by atoms with van der Waals surface area (Å²) in [5.41, 5.74) is 0.771. The van der Waals surface area contributed by atoms with E-state index in [1.54, 1.807) is 0 Å². The molecule has 0 aromatic heterocycles. The van der Waals surface area contributed by atoms with Gasteiger partial charge in [0.2, 0.25) is 0 Å². The van der Waals surface area contributed by atoms with Crippen LogP contribution in [0.4, 0.5) is 0 Å². The molecule has 3 aliphatic rings. The fraction of sp³-hybridized carbons (Fsp3) is 1.00. The standard InChI is InChI=1S/C11H19NO/c13-10-7-12-6-9(10)8-4-11(5-8)2-1-3-11/h8-10,12-13H,1-7H2. The second-order valence-electron chi connectivity index (χ2n) is 5.41. The number of aliphatic hydroxyl groups is 1. The van der Waals surface area contributed by atoms with Gasteiger partial charge in [-0.1, -0.05) is 6.42 Å². The van der Waals surface area contributed by atoms with Crippen LogP contribution in [0.15, 0.2) is 0 Å². The van der Waals surface area contributed by atoms with Crippen LogP contribution in [-0.2, 0) is 0 Å². The number of hydrogen-bond acceptors (Lipinski definition) is 2. The molecule has 0 radical (unpaired) electrons. The lowest BCUT2D eigenvalue weighted by Gasteiger charge is -2.56. The average Bonchev–Trinajstić information content (AvgIpc) is 2.30. The third-order valence-corrected chi connectivity index (χ3v) is 4.64. The van der Waals surface area contributed by atoms with Crippen molar-refractivity contribution in [1.29, 1.82) is 0 Å². The number of aliphatic hydroxyl groups excluding tert-OH is 1. The van der Waals surface area contributed by atoms with Gasteiger partial charge in [0.15, 0.2) is 0 Å². The number of β-amino-alcohol motifs (C(OH)–C–C–N with tert-alkyl or cyclic N) is 1. The SMILES string of the molecule is OC1CNCC1C1CC2(CCC2)C1. The second-order valence-corrected chi connectivity index (χ2v) is 5.41. The Kier molecular flexibility index (Phi) is 1.72. The van der Waals surface area contributed by atoms with Gasteiger partial charge in [-0.3, -0.25) is 0 Å². The van der Waals surface area contributed by atoms with E-state index < -0.39 is 0 Å². The zero-order valence-electron chi connectivity index (χ0n) is 8.13. The van der Waals surface area contributed by atoms with Gasteiger partial charge < -0.3 is 10.4 Å². The molecule has 2 unspecified atom stereocenters. The summed E-state index contributed by atoms with van der Waals surface area (Å²) in [4.78, 5) is 0. The predicted molar refractivity (Wildman–Crippen MR) is 51.4 cm³/mol. The third kappa shape index (κ3) is 1.15. The Labute approximate surface area is 79.7 Å². The van der Waals surface area contributed by atoms with Crippen molar-refractivity contribution in [1.82, 2.24) is 5.32 Å². The van der Waals surface area contributed by atoms with E-state index in [1.807, 2.05) is 0 Å². The fourth-order valence-electron chi connectivity index (χ4n) is 3.61. The highest BCUT2D eigenvalue weighted by molar-refractivity contribution is 5.03. The normalized spacial score (nSPS) is 43.2. The monoisotopic (exact) mass is 181 g/mol. The maximum atomic E-state index is 9.72. The number of nitrogens with one attached hydrogen (secondary N) is 1. The van der Waals surface area contributed by atoms with Crippen molar-refractivity contribution >= 4 is 0 Å². The lowest BCUT2D eigenvalue weighted by Crippen LogP contribution is -2.47. The van der Waals surface area contributed by atoms with Crippen LogP contribution in [0.1, 0.15) is 32.1 Å². The van der Waals surface area contributed by atoms with E-state index in [9.17, 15) is 5.11 Å². The molecule has 2 aliphatic carbocycles. The molecule has 3 fully saturated rings. The zero-order chi connectivity index (χ0) is 8.89. The maximum absolute atomic E-state index is 9.72. The Morgan fingerprint density at radius 2 is 1.92 bits per heavy atom. The highest BCUT2D eigenvalue weighted by Gasteiger charge is 2.51. The molecule has 0 aromatic carbocycles. The molecule has 0 amide bonds. The molecule has 2 nitrogen and oxygen atoms in total. The Hall–Kier alpha value is -0.0800. The van der Waals surface area contributed by atoms with Crippen LogP contribution in [0.2, 0.25) is 0 Å². The highest BCUT2D eigenvalue weighted by atomic mass is 16.3. The predicted octanol–water partition coefficient (Wildman–Crippen LogP) is 1.15. The van der Waals surface area contributed by atoms with Crippen LogP contribution in [-0.4, -0.2) is 24.3 Å². The third-order valence-electron chi connectivity index (χ3n) is 4.64. The van der Waals surface area contributed by atoms with Crippen LogP contribution in [0.25, 0.3) is 0 Å². The molecule has 2 N–H and O–H groups in total. The van der Waals surface area contributed by atoms with Crippen molar-refractivity contribution in [3.8, 4) is 0 Å². The van der Waals surface area contributed by atoms with Crippen molar-refractivity contribution < 1.29 is 5.11 Å². The average molecular weight is 181 g/mol. The second kappa shape index (κ2) is 2.71. The van der Waals surface area contributed by atoms with Crippen molar-refractivity contribution in [2.24, 2.45) is 17.3 Å². The van der Waals surface area contributed by atoms with Gasteiger partial charge in [0.1, 0.15) is 0 Å². The molecule has 1 spiro atoms. The molecule has 13 heavy (non-hydrogen) atoms.